The van der Waals surface area contributed by atoms with Crippen LogP contribution in [0.5, 0.6) is 0 Å². The molecule has 2 heterocycles. The predicted molar refractivity (Wildman–Crippen MR) is 73.5 cm³/mol. The maximum Gasteiger partial charge on any atom is 0.269 e. The molecular weight excluding hydrogens is 266 g/mol. The molecule has 0 radical (unpaired) electrons. The minimum atomic E-state index is -0.573. The second-order valence-electron chi connectivity index (χ2n) is 3.78. The average molecular weight is 279 g/mol. The molecule has 1 amide bonds. The normalized spacial score (nSPS) is 10.2. The smallest absolute Gasteiger partial charge is 0.269 e. The van der Waals surface area contributed by atoms with E-state index in [9.17, 15) is 4.79 Å². The van der Waals surface area contributed by atoms with Crippen LogP contribution in [0.4, 0.5) is 5.69 Å². The second-order valence-corrected chi connectivity index (χ2v) is 4.19. The lowest BCUT2D eigenvalue weighted by Gasteiger charge is -2.09. The van der Waals surface area contributed by atoms with Gasteiger partial charge in [-0.1, -0.05) is 0 Å². The third kappa shape index (κ3) is 3.10. The molecule has 0 atom stereocenters. The fourth-order valence-electron chi connectivity index (χ4n) is 1.57. The first kappa shape index (κ1) is 13.1. The van der Waals surface area contributed by atoms with E-state index in [0.29, 0.717) is 17.3 Å². The molecule has 0 saturated heterocycles. The van der Waals surface area contributed by atoms with Gasteiger partial charge in [-0.3, -0.25) is 9.48 Å². The summed E-state index contributed by atoms with van der Waals surface area (Å²) in [7, 11) is 1.63. The van der Waals surface area contributed by atoms with E-state index in [1.165, 1.54) is 10.9 Å². The summed E-state index contributed by atoms with van der Waals surface area (Å²) in [6.45, 7) is 0.449. The van der Waals surface area contributed by atoms with Crippen molar-refractivity contribution in [2.45, 2.75) is 6.54 Å². The second kappa shape index (κ2) is 5.53. The number of amides is 1. The monoisotopic (exact) mass is 279 g/mol. The van der Waals surface area contributed by atoms with Crippen molar-refractivity contribution in [3.63, 3.8) is 0 Å². The number of nitrogens with two attached hydrogens (primary N) is 1. The fraction of sp³-hybridized carbons (Fsp3) is 0.182. The molecule has 100 valence electrons. The lowest BCUT2D eigenvalue weighted by molar-refractivity contribution is 0.0992. The maximum atomic E-state index is 11.3. The molecule has 19 heavy (non-hydrogen) atoms. The number of thiocarbonyl (C=S) groups is 1. The van der Waals surface area contributed by atoms with Gasteiger partial charge in [0, 0.05) is 7.05 Å². The van der Waals surface area contributed by atoms with Gasteiger partial charge in [-0.05, 0) is 24.4 Å². The molecular formula is C11H13N5O2S. The molecule has 4 N–H and O–H groups in total. The number of rotatable bonds is 4. The minimum absolute atomic E-state index is 0.266. The van der Waals surface area contributed by atoms with Crippen LogP contribution in [0.3, 0.4) is 0 Å². The minimum Gasteiger partial charge on any atom is -0.467 e. The van der Waals surface area contributed by atoms with Crippen molar-refractivity contribution in [3.8, 4) is 0 Å². The molecule has 0 bridgehead atoms. The standard InChI is InChI=1S/C11H13N5O2S/c1-16-9(10(12)17)8(6-14-16)15-11(19)13-5-7-3-2-4-18-7/h2-4,6H,5H2,1H3,(H2,12,17)(H2,13,15,19). The van der Waals surface area contributed by atoms with Crippen molar-refractivity contribution in [3.05, 3.63) is 36.0 Å². The summed E-state index contributed by atoms with van der Waals surface area (Å²) in [5.41, 5.74) is 6.00. The number of nitrogens with zero attached hydrogens (tertiary/aromatic N) is 2. The number of anilines is 1. The molecule has 0 aromatic carbocycles. The van der Waals surface area contributed by atoms with Crippen LogP contribution in [0.25, 0.3) is 0 Å². The predicted octanol–water partition coefficient (Wildman–Crippen LogP) is 0.599. The van der Waals surface area contributed by atoms with Crippen LogP contribution in [-0.4, -0.2) is 20.8 Å². The molecule has 0 spiro atoms. The topological polar surface area (TPSA) is 98.1 Å². The Morgan fingerprint density at radius 2 is 2.42 bits per heavy atom. The third-order valence-corrected chi connectivity index (χ3v) is 2.67. The number of aromatic nitrogens is 2. The van der Waals surface area contributed by atoms with Gasteiger partial charge in [0.15, 0.2) is 5.11 Å². The number of hydrogen-bond donors (Lipinski definition) is 3. The molecule has 2 aromatic rings. The SMILES string of the molecule is Cn1ncc(NC(=S)NCc2ccco2)c1C(N)=O. The van der Waals surface area contributed by atoms with E-state index in [1.54, 1.807) is 19.4 Å². The number of nitrogens with one attached hydrogen (secondary N) is 2. The fourth-order valence-corrected chi connectivity index (χ4v) is 1.75. The summed E-state index contributed by atoms with van der Waals surface area (Å²) >= 11 is 5.11. The largest absolute Gasteiger partial charge is 0.467 e. The van der Waals surface area contributed by atoms with E-state index < -0.39 is 5.91 Å². The van der Waals surface area contributed by atoms with E-state index in [0.717, 1.165) is 5.76 Å². The summed E-state index contributed by atoms with van der Waals surface area (Å²) in [5, 5.41) is 10.1. The first-order chi connectivity index (χ1) is 9.08. The van der Waals surface area contributed by atoms with Crippen LogP contribution in [-0.2, 0) is 13.6 Å². The Hall–Kier alpha value is -2.35. The van der Waals surface area contributed by atoms with Crippen LogP contribution >= 0.6 is 12.2 Å². The van der Waals surface area contributed by atoms with E-state index in [2.05, 4.69) is 15.7 Å². The summed E-state index contributed by atoms with van der Waals surface area (Å²) < 4.78 is 6.55. The number of primary amides is 1. The highest BCUT2D eigenvalue weighted by atomic mass is 32.1. The Bertz CT molecular complexity index is 590. The van der Waals surface area contributed by atoms with E-state index in [-0.39, 0.29) is 5.69 Å². The Balaban J connectivity index is 1.97. The van der Waals surface area contributed by atoms with Gasteiger partial charge in [-0.25, -0.2) is 0 Å². The number of carbonyl (C=O) groups excluding carboxylic acids is 1. The Labute approximate surface area is 114 Å². The quantitative estimate of drug-likeness (QED) is 0.709. The number of furan rings is 1. The molecule has 0 aliphatic rings. The molecule has 0 saturated carbocycles. The number of hydrogen-bond acceptors (Lipinski definition) is 4. The lowest BCUT2D eigenvalue weighted by atomic mass is 10.3. The number of carbonyl (C=O) groups is 1. The Morgan fingerprint density at radius 3 is 3.05 bits per heavy atom. The summed E-state index contributed by atoms with van der Waals surface area (Å²) in [5.74, 6) is 0.182. The molecule has 0 unspecified atom stereocenters. The van der Waals surface area contributed by atoms with Gasteiger partial charge in [0.05, 0.1) is 24.7 Å². The third-order valence-electron chi connectivity index (χ3n) is 2.42. The lowest BCUT2D eigenvalue weighted by Crippen LogP contribution is -2.29. The van der Waals surface area contributed by atoms with Crippen molar-refractivity contribution in [2.24, 2.45) is 12.8 Å². The van der Waals surface area contributed by atoms with Crippen LogP contribution < -0.4 is 16.4 Å². The van der Waals surface area contributed by atoms with Crippen molar-refractivity contribution in [1.82, 2.24) is 15.1 Å². The van der Waals surface area contributed by atoms with Gasteiger partial charge in [-0.2, -0.15) is 5.10 Å². The van der Waals surface area contributed by atoms with Crippen molar-refractivity contribution >= 4 is 28.9 Å². The van der Waals surface area contributed by atoms with Gasteiger partial charge >= 0.3 is 0 Å². The zero-order chi connectivity index (χ0) is 13.8. The number of aryl methyl sites for hydroxylation is 1. The highest BCUT2D eigenvalue weighted by Crippen LogP contribution is 2.13. The van der Waals surface area contributed by atoms with Gasteiger partial charge in [0.2, 0.25) is 0 Å². The summed E-state index contributed by atoms with van der Waals surface area (Å²) in [4.78, 5) is 11.3. The van der Waals surface area contributed by atoms with E-state index in [4.69, 9.17) is 22.4 Å². The van der Waals surface area contributed by atoms with Crippen molar-refractivity contribution in [1.29, 1.82) is 0 Å². The zero-order valence-electron chi connectivity index (χ0n) is 10.2. The Kier molecular flexibility index (Phi) is 3.81. The first-order valence-electron chi connectivity index (χ1n) is 5.47. The highest BCUT2D eigenvalue weighted by Gasteiger charge is 2.14. The van der Waals surface area contributed by atoms with Gasteiger partial charge in [0.25, 0.3) is 5.91 Å². The van der Waals surface area contributed by atoms with Gasteiger partial charge in [-0.15, -0.1) is 0 Å². The molecule has 0 aliphatic carbocycles. The molecule has 0 fully saturated rings. The molecule has 2 rings (SSSR count). The van der Waals surface area contributed by atoms with Crippen LogP contribution in [0.15, 0.2) is 29.0 Å². The summed E-state index contributed by atoms with van der Waals surface area (Å²) in [6.07, 6.45) is 3.07. The van der Waals surface area contributed by atoms with Crippen LogP contribution in [0, 0.1) is 0 Å². The summed E-state index contributed by atoms with van der Waals surface area (Å²) in [6, 6.07) is 3.62. The van der Waals surface area contributed by atoms with Crippen molar-refractivity contribution in [2.75, 3.05) is 5.32 Å². The maximum absolute atomic E-state index is 11.3. The van der Waals surface area contributed by atoms with E-state index >= 15 is 0 Å². The molecule has 2 aromatic heterocycles. The van der Waals surface area contributed by atoms with Crippen molar-refractivity contribution < 1.29 is 9.21 Å². The van der Waals surface area contributed by atoms with Gasteiger partial charge < -0.3 is 20.8 Å². The van der Waals surface area contributed by atoms with Crippen LogP contribution in [0.1, 0.15) is 16.2 Å². The first-order valence-corrected chi connectivity index (χ1v) is 5.88. The zero-order valence-corrected chi connectivity index (χ0v) is 11.0. The van der Waals surface area contributed by atoms with E-state index in [1.807, 2.05) is 6.07 Å². The average Bonchev–Trinajstić information content (AvgIpc) is 2.96. The Morgan fingerprint density at radius 1 is 1.63 bits per heavy atom. The molecule has 7 nitrogen and oxygen atoms in total. The highest BCUT2D eigenvalue weighted by molar-refractivity contribution is 7.80. The molecule has 8 heteroatoms. The van der Waals surface area contributed by atoms with Gasteiger partial charge in [0.1, 0.15) is 11.5 Å². The molecule has 0 aliphatic heterocycles. The van der Waals surface area contributed by atoms with Crippen LogP contribution in [0.2, 0.25) is 0 Å².